The highest BCUT2D eigenvalue weighted by Gasteiger charge is 2.06. The van der Waals surface area contributed by atoms with Gasteiger partial charge in [0.05, 0.1) is 23.7 Å². The van der Waals surface area contributed by atoms with Crippen molar-refractivity contribution in [2.45, 2.75) is 13.5 Å². The van der Waals surface area contributed by atoms with Crippen LogP contribution in [-0.4, -0.2) is 24.9 Å². The Kier molecular flexibility index (Phi) is 3.70. The molecule has 21 heavy (non-hydrogen) atoms. The van der Waals surface area contributed by atoms with Gasteiger partial charge in [-0.25, -0.2) is 4.98 Å². The van der Waals surface area contributed by atoms with Crippen molar-refractivity contribution in [3.63, 3.8) is 0 Å². The lowest BCUT2D eigenvalue weighted by Gasteiger charge is -1.97. The molecule has 0 aliphatic carbocycles. The second-order valence-electron chi connectivity index (χ2n) is 4.54. The predicted octanol–water partition coefficient (Wildman–Crippen LogP) is 3.21. The van der Waals surface area contributed by atoms with Gasteiger partial charge >= 0.3 is 0 Å². The molecule has 0 aliphatic heterocycles. The van der Waals surface area contributed by atoms with Crippen LogP contribution < -0.4 is 0 Å². The molecule has 0 saturated heterocycles. The number of hydrogen-bond acceptors (Lipinski definition) is 3. The first kappa shape index (κ1) is 13.8. The van der Waals surface area contributed by atoms with Gasteiger partial charge in [0, 0.05) is 23.4 Å². The summed E-state index contributed by atoms with van der Waals surface area (Å²) in [7, 11) is 0. The van der Waals surface area contributed by atoms with Gasteiger partial charge in [0.15, 0.2) is 5.78 Å². The summed E-state index contributed by atoms with van der Waals surface area (Å²) in [5.74, 6) is -0.0698. The van der Waals surface area contributed by atoms with Crippen LogP contribution in [-0.2, 0) is 6.54 Å². The lowest BCUT2D eigenvalue weighted by molar-refractivity contribution is 0.104. The molecule has 5 nitrogen and oxygen atoms in total. The van der Waals surface area contributed by atoms with Crippen LogP contribution in [0.1, 0.15) is 23.0 Å². The van der Waals surface area contributed by atoms with Gasteiger partial charge in [0.25, 0.3) is 0 Å². The van der Waals surface area contributed by atoms with Gasteiger partial charge in [-0.05, 0) is 47.1 Å². The van der Waals surface area contributed by atoms with Gasteiger partial charge in [-0.3, -0.25) is 13.9 Å². The Morgan fingerprint density at radius 2 is 2.19 bits per heavy atom. The maximum absolute atomic E-state index is 12.1. The zero-order chi connectivity index (χ0) is 14.8. The average Bonchev–Trinajstić information content (AvgIpc) is 3.11. The van der Waals surface area contributed by atoms with Crippen molar-refractivity contribution in [1.29, 1.82) is 0 Å². The van der Waals surface area contributed by atoms with Crippen molar-refractivity contribution >= 4 is 33.4 Å². The number of pyridine rings is 1. The molecule has 0 spiro atoms. The summed E-state index contributed by atoms with van der Waals surface area (Å²) >= 11 is 3.43. The number of rotatable bonds is 4. The number of ketones is 1. The van der Waals surface area contributed by atoms with Gasteiger partial charge in [0.1, 0.15) is 5.65 Å². The molecule has 0 N–H and O–H groups in total. The molecule has 3 aromatic heterocycles. The van der Waals surface area contributed by atoms with Crippen LogP contribution in [0.25, 0.3) is 11.7 Å². The molecular formula is C15H13BrN4O. The Morgan fingerprint density at radius 1 is 1.33 bits per heavy atom. The number of hydrogen-bond donors (Lipinski definition) is 0. The summed E-state index contributed by atoms with van der Waals surface area (Å²) in [6.45, 7) is 2.73. The number of halogens is 1. The van der Waals surface area contributed by atoms with Crippen LogP contribution in [0.15, 0.2) is 47.5 Å². The fourth-order valence-electron chi connectivity index (χ4n) is 2.02. The van der Waals surface area contributed by atoms with E-state index in [4.69, 9.17) is 0 Å². The van der Waals surface area contributed by atoms with E-state index in [9.17, 15) is 4.79 Å². The number of fused-ring (bicyclic) bond motifs is 1. The average molecular weight is 345 g/mol. The van der Waals surface area contributed by atoms with Gasteiger partial charge in [-0.2, -0.15) is 5.10 Å². The quantitative estimate of drug-likeness (QED) is 0.539. The molecule has 0 saturated carbocycles. The number of nitrogens with zero attached hydrogens (tertiary/aromatic N) is 4. The third-order valence-electron chi connectivity index (χ3n) is 3.15. The zero-order valence-corrected chi connectivity index (χ0v) is 13.0. The van der Waals surface area contributed by atoms with Crippen molar-refractivity contribution in [2.75, 3.05) is 0 Å². The van der Waals surface area contributed by atoms with Crippen LogP contribution in [0.4, 0.5) is 0 Å². The first-order valence-electron chi connectivity index (χ1n) is 6.55. The topological polar surface area (TPSA) is 52.2 Å². The number of aromatic nitrogens is 4. The van der Waals surface area contributed by atoms with E-state index in [2.05, 4.69) is 26.0 Å². The highest BCUT2D eigenvalue weighted by Crippen LogP contribution is 2.14. The lowest BCUT2D eigenvalue weighted by atomic mass is 10.2. The molecule has 0 aliphatic rings. The van der Waals surface area contributed by atoms with E-state index in [0.29, 0.717) is 5.56 Å². The Balaban J connectivity index is 1.87. The van der Waals surface area contributed by atoms with Gasteiger partial charge in [0.2, 0.25) is 0 Å². The van der Waals surface area contributed by atoms with E-state index in [0.717, 1.165) is 22.4 Å². The summed E-state index contributed by atoms with van der Waals surface area (Å²) in [6.07, 6.45) is 10.3. The van der Waals surface area contributed by atoms with Crippen LogP contribution in [0.3, 0.4) is 0 Å². The smallest absolute Gasteiger partial charge is 0.189 e. The number of imidazole rings is 1. The molecule has 3 rings (SSSR count). The van der Waals surface area contributed by atoms with E-state index in [1.807, 2.05) is 29.7 Å². The maximum atomic E-state index is 12.1. The normalized spacial score (nSPS) is 11.5. The molecule has 0 aromatic carbocycles. The molecule has 6 heteroatoms. The fraction of sp³-hybridized carbons (Fsp3) is 0.133. The third kappa shape index (κ3) is 2.80. The van der Waals surface area contributed by atoms with E-state index >= 15 is 0 Å². The highest BCUT2D eigenvalue weighted by atomic mass is 79.9. The Morgan fingerprint density at radius 3 is 2.95 bits per heavy atom. The second kappa shape index (κ2) is 5.65. The monoisotopic (exact) mass is 344 g/mol. The van der Waals surface area contributed by atoms with Crippen molar-refractivity contribution in [1.82, 2.24) is 19.2 Å². The standard InChI is InChI=1S/C15H13BrN4O/c1-2-19-9-11(7-18-19)14(21)5-4-13-8-17-15-6-3-12(16)10-20(13)15/h3-10H,2H2,1H3/b5-4+. The molecular weight excluding hydrogens is 332 g/mol. The molecule has 0 fully saturated rings. The summed E-state index contributed by atoms with van der Waals surface area (Å²) in [5, 5.41) is 4.10. The molecule has 3 heterocycles. The maximum Gasteiger partial charge on any atom is 0.189 e. The first-order valence-corrected chi connectivity index (χ1v) is 7.34. The largest absolute Gasteiger partial charge is 0.299 e. The molecule has 3 aromatic rings. The van der Waals surface area contributed by atoms with Crippen molar-refractivity contribution in [3.8, 4) is 0 Å². The third-order valence-corrected chi connectivity index (χ3v) is 3.61. The SMILES string of the molecule is CCn1cc(C(=O)/C=C/c2cnc3ccc(Br)cn23)cn1. The Hall–Kier alpha value is -2.21. The lowest BCUT2D eigenvalue weighted by Crippen LogP contribution is -1.95. The molecule has 106 valence electrons. The molecule has 0 unspecified atom stereocenters. The van der Waals surface area contributed by atoms with E-state index in [1.165, 1.54) is 0 Å². The van der Waals surface area contributed by atoms with Crippen LogP contribution in [0.2, 0.25) is 0 Å². The van der Waals surface area contributed by atoms with Gasteiger partial charge in [-0.15, -0.1) is 0 Å². The van der Waals surface area contributed by atoms with E-state index in [-0.39, 0.29) is 5.78 Å². The first-order chi connectivity index (χ1) is 10.2. The number of carbonyl (C=O) groups is 1. The number of carbonyl (C=O) groups excluding carboxylic acids is 1. The minimum absolute atomic E-state index is 0.0698. The minimum Gasteiger partial charge on any atom is -0.299 e. The van der Waals surface area contributed by atoms with Crippen molar-refractivity contribution in [3.05, 3.63) is 58.7 Å². The zero-order valence-electron chi connectivity index (χ0n) is 11.4. The molecule has 0 atom stereocenters. The Bertz CT molecular complexity index is 831. The van der Waals surface area contributed by atoms with Gasteiger partial charge < -0.3 is 0 Å². The van der Waals surface area contributed by atoms with E-state index < -0.39 is 0 Å². The minimum atomic E-state index is -0.0698. The number of aryl methyl sites for hydroxylation is 1. The summed E-state index contributed by atoms with van der Waals surface area (Å²) < 4.78 is 4.61. The Labute approximate surface area is 130 Å². The number of allylic oxidation sites excluding steroid dienone is 1. The van der Waals surface area contributed by atoms with Crippen LogP contribution in [0.5, 0.6) is 0 Å². The van der Waals surface area contributed by atoms with Crippen molar-refractivity contribution < 1.29 is 4.79 Å². The summed E-state index contributed by atoms with van der Waals surface area (Å²) in [6, 6.07) is 3.84. The molecule has 0 radical (unpaired) electrons. The summed E-state index contributed by atoms with van der Waals surface area (Å²) in [4.78, 5) is 16.4. The van der Waals surface area contributed by atoms with Gasteiger partial charge in [-0.1, -0.05) is 0 Å². The van der Waals surface area contributed by atoms with E-state index in [1.54, 1.807) is 35.4 Å². The fourth-order valence-corrected chi connectivity index (χ4v) is 2.35. The second-order valence-corrected chi connectivity index (χ2v) is 5.46. The van der Waals surface area contributed by atoms with Crippen molar-refractivity contribution in [2.24, 2.45) is 0 Å². The summed E-state index contributed by atoms with van der Waals surface area (Å²) in [5.41, 5.74) is 2.27. The van der Waals surface area contributed by atoms with Crippen LogP contribution in [0, 0.1) is 0 Å². The molecule has 0 amide bonds. The molecule has 0 bridgehead atoms. The predicted molar refractivity (Wildman–Crippen MR) is 84.2 cm³/mol. The van der Waals surface area contributed by atoms with Crippen LogP contribution >= 0.6 is 15.9 Å². The highest BCUT2D eigenvalue weighted by molar-refractivity contribution is 9.10.